The van der Waals surface area contributed by atoms with Crippen LogP contribution in [0.1, 0.15) is 18.6 Å². The Morgan fingerprint density at radius 3 is 2.20 bits per heavy atom. The first-order valence-corrected chi connectivity index (χ1v) is 12.9. The monoisotopic (exact) mass is 445 g/mol. The minimum Gasteiger partial charge on any atom is -0.468 e. The van der Waals surface area contributed by atoms with Crippen molar-refractivity contribution in [2.24, 2.45) is 0 Å². The lowest BCUT2D eigenvalue weighted by molar-refractivity contribution is 0.345. The second kappa shape index (κ2) is 8.37. The Morgan fingerprint density at radius 1 is 0.833 bits per heavy atom. The van der Waals surface area contributed by atoms with Crippen molar-refractivity contribution >= 4 is 19.9 Å². The van der Waals surface area contributed by atoms with Crippen molar-refractivity contribution in [1.82, 2.24) is 4.31 Å². The van der Waals surface area contributed by atoms with E-state index in [9.17, 15) is 16.8 Å². The molecule has 6 nitrogen and oxygen atoms in total. The third-order valence-corrected chi connectivity index (χ3v) is 9.48. The average Bonchev–Trinajstić information content (AvgIpc) is 3.27. The summed E-state index contributed by atoms with van der Waals surface area (Å²) >= 11 is 0. The zero-order valence-electron chi connectivity index (χ0n) is 16.3. The largest absolute Gasteiger partial charge is 0.468 e. The minimum atomic E-state index is -3.69. The quantitative estimate of drug-likeness (QED) is 0.577. The minimum absolute atomic E-state index is 0.156. The summed E-state index contributed by atoms with van der Waals surface area (Å²) in [7, 11) is -7.09. The van der Waals surface area contributed by atoms with E-state index in [0.29, 0.717) is 5.76 Å². The molecule has 0 atom stereocenters. The molecule has 0 unspecified atom stereocenters. The van der Waals surface area contributed by atoms with Gasteiger partial charge in [-0.2, -0.15) is 4.31 Å². The highest BCUT2D eigenvalue weighted by atomic mass is 32.2. The van der Waals surface area contributed by atoms with Crippen LogP contribution in [-0.4, -0.2) is 39.5 Å². The van der Waals surface area contributed by atoms with E-state index in [0.717, 1.165) is 11.1 Å². The molecule has 2 aromatic carbocycles. The summed E-state index contributed by atoms with van der Waals surface area (Å²) < 4.78 is 58.1. The Bertz CT molecular complexity index is 1200. The third kappa shape index (κ3) is 4.35. The van der Waals surface area contributed by atoms with E-state index in [1.807, 2.05) is 36.4 Å². The molecule has 1 aliphatic heterocycles. The second-order valence-electron chi connectivity index (χ2n) is 7.38. The molecule has 1 aromatic heterocycles. The van der Waals surface area contributed by atoms with E-state index in [2.05, 4.69) is 0 Å². The van der Waals surface area contributed by atoms with Gasteiger partial charge in [-0.25, -0.2) is 16.8 Å². The van der Waals surface area contributed by atoms with Crippen LogP contribution in [-0.2, 0) is 25.6 Å². The predicted molar refractivity (Wildman–Crippen MR) is 115 cm³/mol. The first kappa shape index (κ1) is 20.8. The Hall–Kier alpha value is -2.42. The van der Waals surface area contributed by atoms with Crippen molar-refractivity contribution in [2.75, 3.05) is 13.1 Å². The molecule has 1 fully saturated rings. The Balaban J connectivity index is 1.48. The van der Waals surface area contributed by atoms with Crippen molar-refractivity contribution in [3.63, 3.8) is 0 Å². The van der Waals surface area contributed by atoms with Gasteiger partial charge in [0.05, 0.1) is 16.4 Å². The van der Waals surface area contributed by atoms with E-state index in [-0.39, 0.29) is 36.6 Å². The number of hydrogen-bond acceptors (Lipinski definition) is 5. The second-order valence-corrected chi connectivity index (χ2v) is 11.6. The van der Waals surface area contributed by atoms with E-state index < -0.39 is 25.1 Å². The fourth-order valence-corrected chi connectivity index (χ4v) is 7.00. The molecule has 1 aliphatic rings. The van der Waals surface area contributed by atoms with Crippen LogP contribution in [0.2, 0.25) is 0 Å². The van der Waals surface area contributed by atoms with Gasteiger partial charge in [-0.3, -0.25) is 0 Å². The topological polar surface area (TPSA) is 84.7 Å². The highest BCUT2D eigenvalue weighted by Crippen LogP contribution is 2.28. The summed E-state index contributed by atoms with van der Waals surface area (Å²) in [5.41, 5.74) is 1.77. The number of benzene rings is 2. The standard InChI is InChI=1S/C22H23NO5S2/c24-29(25,17-20-9-5-15-28-20)21-11-13-23(14-12-21)30(26,27)22-10-4-8-19(16-22)18-6-2-1-3-7-18/h1-10,15-16,21H,11-14,17H2. The summed E-state index contributed by atoms with van der Waals surface area (Å²) in [6.07, 6.45) is 2.00. The van der Waals surface area contributed by atoms with Crippen molar-refractivity contribution in [1.29, 1.82) is 0 Å². The Labute approximate surface area is 177 Å². The van der Waals surface area contributed by atoms with E-state index in [1.54, 1.807) is 30.3 Å². The van der Waals surface area contributed by atoms with Gasteiger partial charge in [0.2, 0.25) is 10.0 Å². The van der Waals surface area contributed by atoms with Crippen LogP contribution in [0.3, 0.4) is 0 Å². The normalized spacial score (nSPS) is 16.5. The highest BCUT2D eigenvalue weighted by molar-refractivity contribution is 7.91. The summed E-state index contributed by atoms with van der Waals surface area (Å²) in [6, 6.07) is 19.7. The van der Waals surface area contributed by atoms with Crippen LogP contribution >= 0.6 is 0 Å². The molecule has 0 aliphatic carbocycles. The van der Waals surface area contributed by atoms with Crippen LogP contribution in [0.15, 0.2) is 82.3 Å². The first-order chi connectivity index (χ1) is 14.4. The summed E-state index contributed by atoms with van der Waals surface area (Å²) in [5.74, 6) is 0.249. The summed E-state index contributed by atoms with van der Waals surface area (Å²) in [5, 5.41) is -0.565. The van der Waals surface area contributed by atoms with Gasteiger partial charge in [0.1, 0.15) is 11.5 Å². The lowest BCUT2D eigenvalue weighted by Crippen LogP contribution is -2.42. The Kier molecular flexibility index (Phi) is 5.81. The molecular weight excluding hydrogens is 422 g/mol. The van der Waals surface area contributed by atoms with Crippen molar-refractivity contribution in [2.45, 2.75) is 28.7 Å². The molecular formula is C22H23NO5S2. The zero-order chi connectivity index (χ0) is 21.2. The maximum absolute atomic E-state index is 13.1. The van der Waals surface area contributed by atoms with Gasteiger partial charge < -0.3 is 4.42 Å². The molecule has 1 saturated heterocycles. The molecule has 0 N–H and O–H groups in total. The van der Waals surface area contributed by atoms with Crippen LogP contribution in [0, 0.1) is 0 Å². The molecule has 0 radical (unpaired) electrons. The van der Waals surface area contributed by atoms with Crippen molar-refractivity contribution in [3.8, 4) is 11.1 Å². The van der Waals surface area contributed by atoms with E-state index >= 15 is 0 Å². The van der Waals surface area contributed by atoms with Gasteiger partial charge in [-0.15, -0.1) is 0 Å². The smallest absolute Gasteiger partial charge is 0.243 e. The molecule has 158 valence electrons. The predicted octanol–water partition coefficient (Wildman–Crippen LogP) is 3.71. The van der Waals surface area contributed by atoms with Crippen molar-refractivity contribution in [3.05, 3.63) is 78.8 Å². The zero-order valence-corrected chi connectivity index (χ0v) is 18.0. The fraction of sp³-hybridized carbons (Fsp3) is 0.273. The van der Waals surface area contributed by atoms with Crippen molar-refractivity contribution < 1.29 is 21.3 Å². The van der Waals surface area contributed by atoms with Gasteiger partial charge in [-0.05, 0) is 48.2 Å². The molecule has 0 spiro atoms. The SMILES string of the molecule is O=S(=O)(Cc1ccco1)C1CCN(S(=O)(=O)c2cccc(-c3ccccc3)c2)CC1. The van der Waals surface area contributed by atoms with Crippen LogP contribution in [0.5, 0.6) is 0 Å². The van der Waals surface area contributed by atoms with Gasteiger partial charge in [0, 0.05) is 13.1 Å². The Morgan fingerprint density at radius 2 is 1.53 bits per heavy atom. The lowest BCUT2D eigenvalue weighted by atomic mass is 10.1. The van der Waals surface area contributed by atoms with Gasteiger partial charge in [0.15, 0.2) is 9.84 Å². The lowest BCUT2D eigenvalue weighted by Gasteiger charge is -2.31. The molecule has 30 heavy (non-hydrogen) atoms. The summed E-state index contributed by atoms with van der Waals surface area (Å²) in [6.45, 7) is 0.361. The molecule has 8 heteroatoms. The van der Waals surface area contributed by atoms with E-state index in [1.165, 1.54) is 10.6 Å². The fourth-order valence-electron chi connectivity index (χ4n) is 3.76. The highest BCUT2D eigenvalue weighted by Gasteiger charge is 2.35. The maximum Gasteiger partial charge on any atom is 0.243 e. The third-order valence-electron chi connectivity index (χ3n) is 5.41. The number of sulfone groups is 1. The number of sulfonamides is 1. The average molecular weight is 446 g/mol. The van der Waals surface area contributed by atoms with Crippen LogP contribution < -0.4 is 0 Å². The molecule has 4 rings (SSSR count). The number of nitrogens with zero attached hydrogens (tertiary/aromatic N) is 1. The number of hydrogen-bond donors (Lipinski definition) is 0. The van der Waals surface area contributed by atoms with E-state index in [4.69, 9.17) is 4.42 Å². The number of piperidine rings is 1. The maximum atomic E-state index is 13.1. The van der Waals surface area contributed by atoms with Gasteiger partial charge >= 0.3 is 0 Å². The van der Waals surface area contributed by atoms with Gasteiger partial charge in [0.25, 0.3) is 0 Å². The summed E-state index contributed by atoms with van der Waals surface area (Å²) in [4.78, 5) is 0.223. The van der Waals surface area contributed by atoms with Crippen LogP contribution in [0.25, 0.3) is 11.1 Å². The molecule has 0 bridgehead atoms. The van der Waals surface area contributed by atoms with Gasteiger partial charge in [-0.1, -0.05) is 42.5 Å². The number of furan rings is 1. The molecule has 2 heterocycles. The molecule has 3 aromatic rings. The molecule has 0 amide bonds. The number of rotatable bonds is 6. The van der Waals surface area contributed by atoms with Crippen LogP contribution in [0.4, 0.5) is 0 Å². The molecule has 0 saturated carbocycles. The first-order valence-electron chi connectivity index (χ1n) is 9.76.